The van der Waals surface area contributed by atoms with Crippen molar-refractivity contribution in [2.24, 2.45) is 16.9 Å². The van der Waals surface area contributed by atoms with E-state index in [1.807, 2.05) is 0 Å². The number of nitrogens with two attached hydrogens (primary N) is 2. The van der Waals surface area contributed by atoms with Crippen molar-refractivity contribution in [1.29, 1.82) is 0 Å². The first kappa shape index (κ1) is 13.7. The Labute approximate surface area is 110 Å². The number of rotatable bonds is 5. The van der Waals surface area contributed by atoms with Gasteiger partial charge in [0.1, 0.15) is 0 Å². The van der Waals surface area contributed by atoms with E-state index in [2.05, 4.69) is 23.1 Å². The lowest BCUT2D eigenvalue weighted by atomic mass is 9.77. The molecule has 4 N–H and O–H groups in total. The molecule has 0 aromatic rings. The normalized spacial score (nSPS) is 29.3. The van der Waals surface area contributed by atoms with Crippen molar-refractivity contribution >= 4 is 0 Å². The Kier molecular flexibility index (Phi) is 4.95. The molecule has 1 aliphatic carbocycles. The molecular formula is C14H25N3O. The van der Waals surface area contributed by atoms with Crippen LogP contribution in [0.5, 0.6) is 0 Å². The van der Waals surface area contributed by atoms with Crippen LogP contribution in [-0.2, 0) is 4.74 Å². The quantitative estimate of drug-likeness (QED) is 0.747. The van der Waals surface area contributed by atoms with Gasteiger partial charge in [0.05, 0.1) is 13.2 Å². The zero-order chi connectivity index (χ0) is 12.8. The number of hydrogen-bond donors (Lipinski definition) is 2. The smallest absolute Gasteiger partial charge is 0.0594 e. The van der Waals surface area contributed by atoms with E-state index in [1.54, 1.807) is 0 Å². The number of ether oxygens (including phenoxy) is 1. The molecule has 102 valence electrons. The third kappa shape index (κ3) is 3.42. The molecule has 0 spiro atoms. The van der Waals surface area contributed by atoms with E-state index in [-0.39, 0.29) is 5.41 Å². The Bertz CT molecular complexity index is 321. The molecule has 1 saturated heterocycles. The summed E-state index contributed by atoms with van der Waals surface area (Å²) in [6.07, 6.45) is 8.81. The average Bonchev–Trinajstić information content (AvgIpc) is 2.47. The Morgan fingerprint density at radius 3 is 2.61 bits per heavy atom. The monoisotopic (exact) mass is 251 g/mol. The van der Waals surface area contributed by atoms with Gasteiger partial charge in [0, 0.05) is 31.6 Å². The maximum absolute atomic E-state index is 5.99. The lowest BCUT2D eigenvalue weighted by molar-refractivity contribution is 0.0334. The minimum absolute atomic E-state index is 0.136. The van der Waals surface area contributed by atoms with Crippen LogP contribution in [0.4, 0.5) is 0 Å². The first-order chi connectivity index (χ1) is 8.78. The molecule has 0 amide bonds. The summed E-state index contributed by atoms with van der Waals surface area (Å²) < 4.78 is 5.37. The van der Waals surface area contributed by atoms with Gasteiger partial charge < -0.3 is 16.2 Å². The molecule has 18 heavy (non-hydrogen) atoms. The van der Waals surface area contributed by atoms with Crippen molar-refractivity contribution < 1.29 is 4.74 Å². The van der Waals surface area contributed by atoms with Gasteiger partial charge in [-0.25, -0.2) is 0 Å². The van der Waals surface area contributed by atoms with Crippen LogP contribution >= 0.6 is 0 Å². The van der Waals surface area contributed by atoms with Gasteiger partial charge in [-0.2, -0.15) is 0 Å². The Morgan fingerprint density at radius 1 is 1.28 bits per heavy atom. The second kappa shape index (κ2) is 6.48. The third-order valence-corrected chi connectivity index (χ3v) is 4.09. The van der Waals surface area contributed by atoms with Gasteiger partial charge in [0.15, 0.2) is 0 Å². The number of nitrogens with zero attached hydrogens (tertiary/aromatic N) is 1. The fraction of sp³-hybridized carbons (Fsp3) is 0.714. The fourth-order valence-electron chi connectivity index (χ4n) is 2.55. The van der Waals surface area contributed by atoms with E-state index < -0.39 is 0 Å². The van der Waals surface area contributed by atoms with Crippen LogP contribution in [0.25, 0.3) is 0 Å². The molecule has 2 aliphatic rings. The van der Waals surface area contributed by atoms with Gasteiger partial charge >= 0.3 is 0 Å². The number of hydrogen-bond acceptors (Lipinski definition) is 4. The van der Waals surface area contributed by atoms with Crippen LogP contribution in [-0.4, -0.2) is 50.8 Å². The summed E-state index contributed by atoms with van der Waals surface area (Å²) in [4.78, 5) is 2.47. The molecule has 0 aromatic carbocycles. The summed E-state index contributed by atoms with van der Waals surface area (Å²) in [6, 6.07) is 0. The fourth-order valence-corrected chi connectivity index (χ4v) is 2.55. The molecule has 1 atom stereocenters. The van der Waals surface area contributed by atoms with E-state index in [0.29, 0.717) is 13.1 Å². The van der Waals surface area contributed by atoms with Crippen LogP contribution in [0.2, 0.25) is 0 Å². The van der Waals surface area contributed by atoms with Gasteiger partial charge in [0.2, 0.25) is 0 Å². The van der Waals surface area contributed by atoms with Crippen LogP contribution in [0.3, 0.4) is 0 Å². The van der Waals surface area contributed by atoms with Crippen LogP contribution in [0.1, 0.15) is 12.8 Å². The van der Waals surface area contributed by atoms with Crippen molar-refractivity contribution in [3.05, 3.63) is 23.8 Å². The minimum Gasteiger partial charge on any atom is -0.379 e. The van der Waals surface area contributed by atoms with Gasteiger partial charge in [-0.05, 0) is 25.0 Å². The first-order valence-electron chi connectivity index (χ1n) is 6.86. The predicted octanol–water partition coefficient (Wildman–Crippen LogP) is 0.499. The van der Waals surface area contributed by atoms with Gasteiger partial charge in [-0.1, -0.05) is 18.2 Å². The Balaban J connectivity index is 1.85. The lowest BCUT2D eigenvalue weighted by Gasteiger charge is -2.34. The molecule has 0 saturated carbocycles. The molecule has 1 heterocycles. The highest BCUT2D eigenvalue weighted by atomic mass is 16.5. The maximum Gasteiger partial charge on any atom is 0.0594 e. The highest BCUT2D eigenvalue weighted by Crippen LogP contribution is 2.32. The molecule has 4 heteroatoms. The highest BCUT2D eigenvalue weighted by molar-refractivity contribution is 5.27. The molecule has 1 aliphatic heterocycles. The molecule has 0 aromatic heterocycles. The predicted molar refractivity (Wildman–Crippen MR) is 74.3 cm³/mol. The van der Waals surface area contributed by atoms with Crippen LogP contribution in [0.15, 0.2) is 23.8 Å². The molecular weight excluding hydrogens is 226 g/mol. The second-order valence-electron chi connectivity index (χ2n) is 5.29. The van der Waals surface area contributed by atoms with Crippen molar-refractivity contribution in [2.45, 2.75) is 12.8 Å². The summed E-state index contributed by atoms with van der Waals surface area (Å²) in [7, 11) is 0. The summed E-state index contributed by atoms with van der Waals surface area (Å²) in [5, 5.41) is 0. The van der Waals surface area contributed by atoms with Crippen molar-refractivity contribution in [3.8, 4) is 0 Å². The summed E-state index contributed by atoms with van der Waals surface area (Å²) in [5.74, 6) is 0. The van der Waals surface area contributed by atoms with E-state index in [1.165, 1.54) is 5.57 Å². The highest BCUT2D eigenvalue weighted by Gasteiger charge is 2.27. The molecule has 1 fully saturated rings. The van der Waals surface area contributed by atoms with Gasteiger partial charge in [-0.3, -0.25) is 4.90 Å². The Morgan fingerprint density at radius 2 is 2.06 bits per heavy atom. The average molecular weight is 251 g/mol. The number of allylic oxidation sites excluding steroid dienone is 1. The minimum atomic E-state index is 0.136. The van der Waals surface area contributed by atoms with E-state index in [9.17, 15) is 0 Å². The molecule has 0 bridgehead atoms. The summed E-state index contributed by atoms with van der Waals surface area (Å²) in [6.45, 7) is 6.27. The zero-order valence-corrected chi connectivity index (χ0v) is 11.1. The standard InChI is InChI=1S/C14H25N3O/c15-11-13-1-3-14(12-16,4-2-13)5-6-17-7-9-18-10-8-17/h1-3H,4-12,15-16H2. The zero-order valence-electron chi connectivity index (χ0n) is 11.1. The lowest BCUT2D eigenvalue weighted by Crippen LogP contribution is -2.40. The van der Waals surface area contributed by atoms with Crippen LogP contribution < -0.4 is 11.5 Å². The topological polar surface area (TPSA) is 64.5 Å². The second-order valence-corrected chi connectivity index (χ2v) is 5.29. The van der Waals surface area contributed by atoms with Crippen molar-refractivity contribution in [2.75, 3.05) is 45.9 Å². The SMILES string of the molecule is NCC1=CCC(CN)(CCN2CCOCC2)C=C1. The Hall–Kier alpha value is -0.680. The molecule has 2 rings (SSSR count). The third-order valence-electron chi connectivity index (χ3n) is 4.09. The molecule has 4 nitrogen and oxygen atoms in total. The summed E-state index contributed by atoms with van der Waals surface area (Å²) >= 11 is 0. The van der Waals surface area contributed by atoms with E-state index in [4.69, 9.17) is 16.2 Å². The molecule has 0 radical (unpaired) electrons. The molecule has 1 unspecified atom stereocenters. The van der Waals surface area contributed by atoms with Gasteiger partial charge in [0.25, 0.3) is 0 Å². The number of morpholine rings is 1. The first-order valence-corrected chi connectivity index (χ1v) is 6.86. The largest absolute Gasteiger partial charge is 0.379 e. The van der Waals surface area contributed by atoms with E-state index in [0.717, 1.165) is 45.7 Å². The van der Waals surface area contributed by atoms with E-state index >= 15 is 0 Å². The summed E-state index contributed by atoms with van der Waals surface area (Å²) in [5.41, 5.74) is 13.0. The van der Waals surface area contributed by atoms with Crippen molar-refractivity contribution in [1.82, 2.24) is 4.90 Å². The van der Waals surface area contributed by atoms with Crippen LogP contribution in [0, 0.1) is 5.41 Å². The maximum atomic E-state index is 5.99. The van der Waals surface area contributed by atoms with Crippen molar-refractivity contribution in [3.63, 3.8) is 0 Å². The van der Waals surface area contributed by atoms with Gasteiger partial charge in [-0.15, -0.1) is 0 Å².